The zero-order chi connectivity index (χ0) is 23.0. The van der Waals surface area contributed by atoms with E-state index < -0.39 is 17.4 Å². The largest absolute Gasteiger partial charge is 0.382 e. The average Bonchev–Trinajstić information content (AvgIpc) is 2.76. The summed E-state index contributed by atoms with van der Waals surface area (Å²) in [4.78, 5) is 26.0. The number of benzene rings is 2. The molecule has 9 nitrogen and oxygen atoms in total. The average molecular weight is 430 g/mol. The molecule has 32 heavy (non-hydrogen) atoms. The SMILES string of the molecule is Cc1ccc(F)c2c(=O)n(-c3ccccc3)c(C(C)Nc3nc(N)nc(N)c3C#N)nc12. The zero-order valence-electron chi connectivity index (χ0n) is 17.3. The van der Waals surface area contributed by atoms with Crippen LogP contribution in [-0.4, -0.2) is 19.5 Å². The monoisotopic (exact) mass is 430 g/mol. The topological polar surface area (TPSA) is 149 Å². The summed E-state index contributed by atoms with van der Waals surface area (Å²) in [5.41, 5.74) is 12.4. The van der Waals surface area contributed by atoms with Crippen molar-refractivity contribution >= 4 is 28.5 Å². The normalized spacial score (nSPS) is 11.8. The number of aryl methyl sites for hydroxylation is 1. The number of hydrogen-bond acceptors (Lipinski definition) is 8. The lowest BCUT2D eigenvalue weighted by molar-refractivity contribution is 0.634. The van der Waals surface area contributed by atoms with E-state index in [2.05, 4.69) is 20.3 Å². The highest BCUT2D eigenvalue weighted by Crippen LogP contribution is 2.26. The van der Waals surface area contributed by atoms with E-state index >= 15 is 0 Å². The molecule has 0 aliphatic carbocycles. The molecule has 5 N–H and O–H groups in total. The van der Waals surface area contributed by atoms with Gasteiger partial charge in [-0.3, -0.25) is 9.36 Å². The molecular weight excluding hydrogens is 411 g/mol. The Morgan fingerprint density at radius 2 is 1.84 bits per heavy atom. The Balaban J connectivity index is 1.97. The second kappa shape index (κ2) is 7.96. The highest BCUT2D eigenvalue weighted by Gasteiger charge is 2.22. The van der Waals surface area contributed by atoms with Gasteiger partial charge in [0.1, 0.15) is 34.5 Å². The summed E-state index contributed by atoms with van der Waals surface area (Å²) < 4.78 is 16.0. The molecule has 4 aromatic rings. The molecule has 0 fully saturated rings. The third-order valence-corrected chi connectivity index (χ3v) is 5.02. The van der Waals surface area contributed by atoms with Gasteiger partial charge in [-0.1, -0.05) is 24.3 Å². The molecule has 0 spiro atoms. The lowest BCUT2D eigenvalue weighted by Crippen LogP contribution is -2.28. The molecule has 1 unspecified atom stereocenters. The van der Waals surface area contributed by atoms with Crippen LogP contribution in [0.15, 0.2) is 47.3 Å². The first-order chi connectivity index (χ1) is 15.3. The van der Waals surface area contributed by atoms with Gasteiger partial charge < -0.3 is 16.8 Å². The van der Waals surface area contributed by atoms with Gasteiger partial charge in [-0.15, -0.1) is 0 Å². The predicted octanol–water partition coefficient (Wildman–Crippen LogP) is 2.83. The minimum Gasteiger partial charge on any atom is -0.382 e. The number of nitriles is 1. The number of rotatable bonds is 4. The van der Waals surface area contributed by atoms with Crippen LogP contribution in [0.3, 0.4) is 0 Å². The van der Waals surface area contributed by atoms with Gasteiger partial charge in [-0.25, -0.2) is 9.37 Å². The number of anilines is 3. The Morgan fingerprint density at radius 3 is 2.53 bits per heavy atom. The molecule has 2 heterocycles. The number of para-hydroxylation sites is 1. The first kappa shape index (κ1) is 20.7. The number of fused-ring (bicyclic) bond motifs is 1. The highest BCUT2D eigenvalue weighted by molar-refractivity contribution is 5.82. The zero-order valence-corrected chi connectivity index (χ0v) is 17.3. The standard InChI is InChI=1S/C22H19FN8O/c1-11-8-9-15(23)16-17(11)28-20(31(21(16)32)13-6-4-3-5-7-13)12(2)27-19-14(10-24)18(25)29-22(26)30-19/h3-9,12H,1-2H3,(H5,25,26,27,29,30). The maximum atomic E-state index is 14.6. The van der Waals surface area contributed by atoms with Crippen LogP contribution in [0.5, 0.6) is 0 Å². The van der Waals surface area contributed by atoms with Crippen LogP contribution in [0.4, 0.5) is 22.0 Å². The lowest BCUT2D eigenvalue weighted by atomic mass is 10.1. The van der Waals surface area contributed by atoms with Gasteiger partial charge in [0.2, 0.25) is 5.95 Å². The second-order valence-electron chi connectivity index (χ2n) is 7.20. The molecule has 0 amide bonds. The van der Waals surface area contributed by atoms with Crippen molar-refractivity contribution in [1.82, 2.24) is 19.5 Å². The highest BCUT2D eigenvalue weighted by atomic mass is 19.1. The van der Waals surface area contributed by atoms with Gasteiger partial charge in [-0.2, -0.15) is 15.2 Å². The molecule has 4 rings (SSSR count). The fourth-order valence-electron chi connectivity index (χ4n) is 3.50. The first-order valence-electron chi connectivity index (χ1n) is 9.68. The molecule has 0 aliphatic heterocycles. The molecule has 10 heteroatoms. The van der Waals surface area contributed by atoms with Crippen molar-refractivity contribution in [3.05, 3.63) is 75.6 Å². The van der Waals surface area contributed by atoms with Crippen LogP contribution in [0, 0.1) is 24.1 Å². The van der Waals surface area contributed by atoms with E-state index in [1.54, 1.807) is 50.2 Å². The maximum Gasteiger partial charge on any atom is 0.269 e. The number of nitrogen functional groups attached to an aromatic ring is 2. The summed E-state index contributed by atoms with van der Waals surface area (Å²) in [6.45, 7) is 3.49. The van der Waals surface area contributed by atoms with E-state index in [0.29, 0.717) is 17.1 Å². The molecule has 0 aliphatic rings. The third-order valence-electron chi connectivity index (χ3n) is 5.02. The Kier molecular flexibility index (Phi) is 5.16. The van der Waals surface area contributed by atoms with Crippen LogP contribution in [0.25, 0.3) is 16.6 Å². The van der Waals surface area contributed by atoms with E-state index in [0.717, 1.165) is 0 Å². The van der Waals surface area contributed by atoms with Crippen molar-refractivity contribution in [3.8, 4) is 11.8 Å². The summed E-state index contributed by atoms with van der Waals surface area (Å²) in [7, 11) is 0. The van der Waals surface area contributed by atoms with Crippen LogP contribution < -0.4 is 22.3 Å². The quantitative estimate of drug-likeness (QED) is 0.447. The molecule has 160 valence electrons. The molecule has 0 saturated heterocycles. The lowest BCUT2D eigenvalue weighted by Gasteiger charge is -2.21. The van der Waals surface area contributed by atoms with Gasteiger partial charge in [0.25, 0.3) is 5.56 Å². The van der Waals surface area contributed by atoms with Gasteiger partial charge in [0.15, 0.2) is 5.82 Å². The fraction of sp³-hybridized carbons (Fsp3) is 0.136. The fourth-order valence-corrected chi connectivity index (χ4v) is 3.50. The van der Waals surface area contributed by atoms with Crippen molar-refractivity contribution in [3.63, 3.8) is 0 Å². The van der Waals surface area contributed by atoms with Crippen molar-refractivity contribution < 1.29 is 4.39 Å². The first-order valence-corrected chi connectivity index (χ1v) is 9.68. The van der Waals surface area contributed by atoms with E-state index in [-0.39, 0.29) is 34.1 Å². The number of hydrogen-bond donors (Lipinski definition) is 3. The smallest absolute Gasteiger partial charge is 0.269 e. The minimum atomic E-state index is -0.650. The van der Waals surface area contributed by atoms with Crippen molar-refractivity contribution in [2.45, 2.75) is 19.9 Å². The molecule has 2 aromatic heterocycles. The third kappa shape index (κ3) is 3.45. The summed E-state index contributed by atoms with van der Waals surface area (Å²) in [5, 5.41) is 12.4. The van der Waals surface area contributed by atoms with E-state index in [4.69, 9.17) is 11.5 Å². The van der Waals surface area contributed by atoms with Crippen LogP contribution in [0.1, 0.15) is 29.9 Å². The Morgan fingerprint density at radius 1 is 1.12 bits per heavy atom. The summed E-state index contributed by atoms with van der Waals surface area (Å²) in [6.07, 6.45) is 0. The van der Waals surface area contributed by atoms with Crippen LogP contribution >= 0.6 is 0 Å². The van der Waals surface area contributed by atoms with E-state index in [1.807, 2.05) is 6.07 Å². The summed E-state index contributed by atoms with van der Waals surface area (Å²) in [6, 6.07) is 12.9. The molecule has 0 saturated carbocycles. The van der Waals surface area contributed by atoms with Gasteiger partial charge in [0.05, 0.1) is 17.2 Å². The molecule has 1 atom stereocenters. The molecular formula is C22H19FN8O. The number of halogens is 1. The van der Waals surface area contributed by atoms with E-state index in [1.165, 1.54) is 10.6 Å². The van der Waals surface area contributed by atoms with Gasteiger partial charge in [-0.05, 0) is 37.6 Å². The number of nitrogens with two attached hydrogens (primary N) is 2. The molecule has 2 aromatic carbocycles. The van der Waals surface area contributed by atoms with Crippen molar-refractivity contribution in [2.24, 2.45) is 0 Å². The Hall–Kier alpha value is -4.52. The maximum absolute atomic E-state index is 14.6. The second-order valence-corrected chi connectivity index (χ2v) is 7.20. The van der Waals surface area contributed by atoms with E-state index in [9.17, 15) is 14.4 Å². The van der Waals surface area contributed by atoms with Crippen LogP contribution in [-0.2, 0) is 0 Å². The number of nitrogens with zero attached hydrogens (tertiary/aromatic N) is 5. The van der Waals surface area contributed by atoms with Gasteiger partial charge >= 0.3 is 0 Å². The Bertz CT molecular complexity index is 1440. The number of nitrogens with one attached hydrogen (secondary N) is 1. The van der Waals surface area contributed by atoms with Crippen molar-refractivity contribution in [2.75, 3.05) is 16.8 Å². The summed E-state index contributed by atoms with van der Waals surface area (Å²) >= 11 is 0. The summed E-state index contributed by atoms with van der Waals surface area (Å²) in [5.74, 6) is -0.430. The number of aromatic nitrogens is 4. The Labute approximate surface area is 182 Å². The minimum absolute atomic E-state index is 0.0164. The van der Waals surface area contributed by atoms with Crippen molar-refractivity contribution in [1.29, 1.82) is 5.26 Å². The van der Waals surface area contributed by atoms with Gasteiger partial charge in [0, 0.05) is 0 Å². The van der Waals surface area contributed by atoms with Crippen LogP contribution in [0.2, 0.25) is 0 Å². The molecule has 0 radical (unpaired) electrons. The predicted molar refractivity (Wildman–Crippen MR) is 120 cm³/mol. The molecule has 0 bridgehead atoms.